The molecule has 0 aliphatic carbocycles. The second-order valence-corrected chi connectivity index (χ2v) is 6.26. The minimum Gasteiger partial charge on any atom is -0.324 e. The highest BCUT2D eigenvalue weighted by Crippen LogP contribution is 2.25. The first-order valence-corrected chi connectivity index (χ1v) is 6.75. The van der Waals surface area contributed by atoms with Crippen molar-refractivity contribution in [3.05, 3.63) is 0 Å². The zero-order valence-corrected chi connectivity index (χ0v) is 11.1. The first-order valence-electron chi connectivity index (χ1n) is 5.53. The first-order chi connectivity index (χ1) is 6.91. The van der Waals surface area contributed by atoms with Gasteiger partial charge in [0.15, 0.2) is 0 Å². The van der Waals surface area contributed by atoms with Gasteiger partial charge in [-0.05, 0) is 33.4 Å². The van der Waals surface area contributed by atoms with Gasteiger partial charge in [0, 0.05) is 11.3 Å². The summed E-state index contributed by atoms with van der Waals surface area (Å²) in [6.45, 7) is 9.24. The fourth-order valence-corrected chi connectivity index (χ4v) is 2.12. The number of hydrogen-bond donors (Lipinski definition) is 1. The van der Waals surface area contributed by atoms with Crippen LogP contribution in [0.3, 0.4) is 0 Å². The highest BCUT2D eigenvalue weighted by Gasteiger charge is 2.37. The summed E-state index contributed by atoms with van der Waals surface area (Å²) < 4.78 is 0.134. The van der Waals surface area contributed by atoms with Crippen molar-refractivity contribution in [2.24, 2.45) is 0 Å². The molecular formula is C11H22N2OS. The fraction of sp³-hybridized carbons (Fsp3) is 0.909. The summed E-state index contributed by atoms with van der Waals surface area (Å²) in [5, 5.41) is 3.32. The van der Waals surface area contributed by atoms with Crippen LogP contribution in [0.5, 0.6) is 0 Å². The molecule has 1 fully saturated rings. The summed E-state index contributed by atoms with van der Waals surface area (Å²) in [6.07, 6.45) is 3.29. The number of carbonyl (C=O) groups is 1. The Morgan fingerprint density at radius 2 is 2.13 bits per heavy atom. The lowest BCUT2D eigenvalue weighted by molar-refractivity contribution is -0.130. The van der Waals surface area contributed by atoms with E-state index in [2.05, 4.69) is 32.3 Å². The molecule has 4 heteroatoms. The Kier molecular flexibility index (Phi) is 4.06. The number of nitrogens with zero attached hydrogens (tertiary/aromatic N) is 1. The second-order valence-electron chi connectivity index (χ2n) is 4.74. The van der Waals surface area contributed by atoms with Crippen LogP contribution in [0.15, 0.2) is 0 Å². The van der Waals surface area contributed by atoms with E-state index in [9.17, 15) is 4.79 Å². The Hall–Kier alpha value is -0.220. The molecule has 1 N–H and O–H groups in total. The summed E-state index contributed by atoms with van der Waals surface area (Å²) in [6, 6.07) is -0.0207. The van der Waals surface area contributed by atoms with E-state index in [-0.39, 0.29) is 22.9 Å². The Morgan fingerprint density at radius 1 is 1.53 bits per heavy atom. The normalized spacial score (nSPS) is 27.5. The molecule has 2 atom stereocenters. The molecule has 0 aromatic carbocycles. The molecule has 1 aliphatic rings. The molecule has 1 amide bonds. The Balaban J connectivity index is 2.70. The van der Waals surface area contributed by atoms with Gasteiger partial charge in [-0.15, -0.1) is 0 Å². The molecule has 88 valence electrons. The van der Waals surface area contributed by atoms with Crippen LogP contribution < -0.4 is 5.32 Å². The maximum atomic E-state index is 11.9. The molecule has 15 heavy (non-hydrogen) atoms. The van der Waals surface area contributed by atoms with Crippen molar-refractivity contribution in [3.8, 4) is 0 Å². The summed E-state index contributed by atoms with van der Waals surface area (Å²) in [5.74, 6) is 0.240. The van der Waals surface area contributed by atoms with E-state index in [0.29, 0.717) is 0 Å². The van der Waals surface area contributed by atoms with Gasteiger partial charge in [0.25, 0.3) is 0 Å². The monoisotopic (exact) mass is 230 g/mol. The van der Waals surface area contributed by atoms with Gasteiger partial charge in [-0.2, -0.15) is 11.8 Å². The molecule has 3 nitrogen and oxygen atoms in total. The van der Waals surface area contributed by atoms with E-state index < -0.39 is 0 Å². The average molecular weight is 230 g/mol. The minimum atomic E-state index is -0.0207. The van der Waals surface area contributed by atoms with Crippen LogP contribution in [0.1, 0.15) is 34.1 Å². The number of amides is 1. The topological polar surface area (TPSA) is 32.3 Å². The van der Waals surface area contributed by atoms with Crippen molar-refractivity contribution in [3.63, 3.8) is 0 Å². The van der Waals surface area contributed by atoms with E-state index in [1.807, 2.05) is 23.6 Å². The largest absolute Gasteiger partial charge is 0.324 e. The molecule has 0 bridgehead atoms. The molecule has 0 saturated carbocycles. The lowest BCUT2D eigenvalue weighted by Crippen LogP contribution is -2.44. The van der Waals surface area contributed by atoms with Gasteiger partial charge >= 0.3 is 0 Å². The van der Waals surface area contributed by atoms with Gasteiger partial charge in [-0.3, -0.25) is 10.1 Å². The zero-order valence-electron chi connectivity index (χ0n) is 10.3. The smallest absolute Gasteiger partial charge is 0.240 e. The number of hydrogen-bond acceptors (Lipinski definition) is 3. The molecule has 0 spiro atoms. The van der Waals surface area contributed by atoms with Crippen molar-refractivity contribution >= 4 is 17.7 Å². The number of thioether (sulfide) groups is 1. The average Bonchev–Trinajstić information content (AvgIpc) is 2.45. The summed E-state index contributed by atoms with van der Waals surface area (Å²) in [7, 11) is 0. The molecule has 0 aromatic heterocycles. The molecule has 0 aromatic rings. The fourth-order valence-electron chi connectivity index (χ4n) is 1.85. The summed E-state index contributed by atoms with van der Waals surface area (Å²) >= 11 is 1.81. The highest BCUT2D eigenvalue weighted by molar-refractivity contribution is 7.99. The van der Waals surface area contributed by atoms with Crippen molar-refractivity contribution < 1.29 is 4.79 Å². The SMILES string of the molecule is CCC1NC(C)C(=O)N1CC(C)(C)SC. The summed E-state index contributed by atoms with van der Waals surface area (Å²) in [5.41, 5.74) is 0. The Morgan fingerprint density at radius 3 is 2.60 bits per heavy atom. The van der Waals surface area contributed by atoms with E-state index in [0.717, 1.165) is 13.0 Å². The first kappa shape index (κ1) is 12.8. The number of rotatable bonds is 4. The number of nitrogens with one attached hydrogen (secondary N) is 1. The molecule has 1 aliphatic heterocycles. The minimum absolute atomic E-state index is 0.0207. The predicted octanol–water partition coefficient (Wildman–Crippen LogP) is 1.68. The molecule has 1 rings (SSSR count). The van der Waals surface area contributed by atoms with E-state index in [4.69, 9.17) is 0 Å². The highest BCUT2D eigenvalue weighted by atomic mass is 32.2. The van der Waals surface area contributed by atoms with Crippen molar-refractivity contribution in [1.82, 2.24) is 10.2 Å². The van der Waals surface area contributed by atoms with Crippen molar-refractivity contribution in [2.75, 3.05) is 12.8 Å². The van der Waals surface area contributed by atoms with Gasteiger partial charge in [0.05, 0.1) is 12.2 Å². The lowest BCUT2D eigenvalue weighted by Gasteiger charge is -2.31. The maximum Gasteiger partial charge on any atom is 0.240 e. The molecule has 1 saturated heterocycles. The zero-order chi connectivity index (χ0) is 11.6. The van der Waals surface area contributed by atoms with Gasteiger partial charge in [-0.25, -0.2) is 0 Å². The molecular weight excluding hydrogens is 208 g/mol. The van der Waals surface area contributed by atoms with Crippen molar-refractivity contribution in [2.45, 2.75) is 51.1 Å². The van der Waals surface area contributed by atoms with Crippen LogP contribution in [0.4, 0.5) is 0 Å². The molecule has 2 unspecified atom stereocenters. The van der Waals surface area contributed by atoms with Crippen LogP contribution in [-0.4, -0.2) is 40.6 Å². The van der Waals surface area contributed by atoms with E-state index >= 15 is 0 Å². The van der Waals surface area contributed by atoms with Crippen LogP contribution in [0, 0.1) is 0 Å². The third-order valence-corrected chi connectivity index (χ3v) is 4.20. The predicted molar refractivity (Wildman–Crippen MR) is 66.0 cm³/mol. The van der Waals surface area contributed by atoms with E-state index in [1.54, 1.807) is 0 Å². The van der Waals surface area contributed by atoms with Crippen LogP contribution in [0.2, 0.25) is 0 Å². The van der Waals surface area contributed by atoms with Crippen LogP contribution in [0.25, 0.3) is 0 Å². The van der Waals surface area contributed by atoms with Gasteiger partial charge in [-0.1, -0.05) is 6.92 Å². The maximum absolute atomic E-state index is 11.9. The third kappa shape index (κ3) is 2.88. The quantitative estimate of drug-likeness (QED) is 0.797. The van der Waals surface area contributed by atoms with Crippen LogP contribution in [-0.2, 0) is 4.79 Å². The lowest BCUT2D eigenvalue weighted by atomic mass is 10.2. The second kappa shape index (κ2) is 4.74. The van der Waals surface area contributed by atoms with Gasteiger partial charge < -0.3 is 4.90 Å². The standard InChI is InChI=1S/C11H22N2OS/c1-6-9-12-8(2)10(14)13(9)7-11(3,4)15-5/h8-9,12H,6-7H2,1-5H3. The Labute approximate surface area is 97.0 Å². The van der Waals surface area contributed by atoms with Crippen molar-refractivity contribution in [1.29, 1.82) is 0 Å². The Bertz CT molecular complexity index is 243. The molecule has 1 heterocycles. The van der Waals surface area contributed by atoms with Crippen LogP contribution >= 0.6 is 11.8 Å². The van der Waals surface area contributed by atoms with E-state index in [1.165, 1.54) is 0 Å². The third-order valence-electron chi connectivity index (χ3n) is 2.96. The van der Waals surface area contributed by atoms with Gasteiger partial charge in [0.1, 0.15) is 0 Å². The summed E-state index contributed by atoms with van der Waals surface area (Å²) in [4.78, 5) is 13.9. The number of carbonyl (C=O) groups excluding carboxylic acids is 1. The molecule has 0 radical (unpaired) electrons. The van der Waals surface area contributed by atoms with Gasteiger partial charge in [0.2, 0.25) is 5.91 Å².